The molecule has 2 aliphatic rings. The van der Waals surface area contributed by atoms with Crippen LogP contribution in [0.1, 0.15) is 25.7 Å². The fourth-order valence-electron chi connectivity index (χ4n) is 2.06. The summed E-state index contributed by atoms with van der Waals surface area (Å²) in [5, 5.41) is 12.5. The van der Waals surface area contributed by atoms with Gasteiger partial charge in [-0.2, -0.15) is 0 Å². The molecule has 1 aliphatic carbocycles. The van der Waals surface area contributed by atoms with Gasteiger partial charge >= 0.3 is 0 Å². The Bertz CT molecular complexity index is 237. The number of amides is 1. The minimum Gasteiger partial charge on any atom is -0.390 e. The monoisotopic (exact) mass is 167 g/mol. The molecular formula is C9H13NO2. The number of carbonyl (C=O) groups excluding carboxylic acids is 1. The maximum absolute atomic E-state index is 11.0. The third kappa shape index (κ3) is 1.05. The number of aliphatic hydroxyl groups is 1. The molecule has 0 saturated heterocycles. The lowest BCUT2D eigenvalue weighted by molar-refractivity contribution is -0.118. The third-order valence-electron chi connectivity index (χ3n) is 2.80. The number of hydrogen-bond acceptors (Lipinski definition) is 2. The van der Waals surface area contributed by atoms with Crippen LogP contribution in [0.15, 0.2) is 12.2 Å². The van der Waals surface area contributed by atoms with Gasteiger partial charge in [0.15, 0.2) is 0 Å². The second kappa shape index (κ2) is 2.59. The second-order valence-corrected chi connectivity index (χ2v) is 3.62. The minimum atomic E-state index is -0.421. The Hall–Kier alpha value is -0.830. The quantitative estimate of drug-likeness (QED) is 0.546. The lowest BCUT2D eigenvalue weighted by Crippen LogP contribution is -2.53. The van der Waals surface area contributed by atoms with Crippen molar-refractivity contribution in [1.82, 2.24) is 5.32 Å². The second-order valence-electron chi connectivity index (χ2n) is 3.62. The minimum absolute atomic E-state index is 0.0732. The molecular weight excluding hydrogens is 154 g/mol. The Balaban J connectivity index is 2.19. The first kappa shape index (κ1) is 7.80. The standard InChI is InChI=1S/C9H13NO2/c11-7-3-1-2-5-9(7)6-4-8(12)10-9/h4,6-7,11H,1-3,5H2,(H,10,12). The topological polar surface area (TPSA) is 49.3 Å². The summed E-state index contributed by atoms with van der Waals surface area (Å²) >= 11 is 0. The van der Waals surface area contributed by atoms with Crippen LogP contribution in [0.25, 0.3) is 0 Å². The number of aliphatic hydroxyl groups excluding tert-OH is 1. The van der Waals surface area contributed by atoms with Gasteiger partial charge in [-0.15, -0.1) is 0 Å². The first-order chi connectivity index (χ1) is 5.73. The summed E-state index contributed by atoms with van der Waals surface area (Å²) in [6.07, 6.45) is 6.76. The SMILES string of the molecule is O=C1C=CC2(CCCCC2O)N1. The molecule has 2 rings (SSSR count). The summed E-state index contributed by atoms with van der Waals surface area (Å²) in [4.78, 5) is 11.0. The first-order valence-corrected chi connectivity index (χ1v) is 4.42. The van der Waals surface area contributed by atoms with Crippen molar-refractivity contribution in [1.29, 1.82) is 0 Å². The maximum atomic E-state index is 11.0. The van der Waals surface area contributed by atoms with Gasteiger partial charge in [-0.1, -0.05) is 18.9 Å². The van der Waals surface area contributed by atoms with Gasteiger partial charge in [-0.25, -0.2) is 0 Å². The van der Waals surface area contributed by atoms with E-state index < -0.39 is 11.6 Å². The number of rotatable bonds is 0. The largest absolute Gasteiger partial charge is 0.390 e. The molecule has 0 bridgehead atoms. The lowest BCUT2D eigenvalue weighted by atomic mass is 9.80. The van der Waals surface area contributed by atoms with Crippen molar-refractivity contribution < 1.29 is 9.90 Å². The van der Waals surface area contributed by atoms with Gasteiger partial charge in [0.1, 0.15) is 0 Å². The number of hydrogen-bond donors (Lipinski definition) is 2. The van der Waals surface area contributed by atoms with Crippen LogP contribution in [0.3, 0.4) is 0 Å². The van der Waals surface area contributed by atoms with Crippen molar-refractivity contribution >= 4 is 5.91 Å². The Labute approximate surface area is 71.5 Å². The van der Waals surface area contributed by atoms with Gasteiger partial charge in [-0.3, -0.25) is 4.79 Å². The van der Waals surface area contributed by atoms with Crippen molar-refractivity contribution in [3.63, 3.8) is 0 Å². The molecule has 1 amide bonds. The summed E-state index contributed by atoms with van der Waals surface area (Å²) in [6.45, 7) is 0. The Morgan fingerprint density at radius 2 is 2.42 bits per heavy atom. The van der Waals surface area contributed by atoms with Crippen LogP contribution >= 0.6 is 0 Å². The van der Waals surface area contributed by atoms with E-state index in [1.165, 1.54) is 6.08 Å². The van der Waals surface area contributed by atoms with Crippen molar-refractivity contribution in [2.45, 2.75) is 37.3 Å². The van der Waals surface area contributed by atoms with Crippen LogP contribution in [0.4, 0.5) is 0 Å². The van der Waals surface area contributed by atoms with Crippen LogP contribution in [0.2, 0.25) is 0 Å². The van der Waals surface area contributed by atoms with Crippen molar-refractivity contribution in [2.75, 3.05) is 0 Å². The average Bonchev–Trinajstić information content (AvgIpc) is 2.41. The average molecular weight is 167 g/mol. The Kier molecular flexibility index (Phi) is 1.68. The molecule has 2 N–H and O–H groups in total. The van der Waals surface area contributed by atoms with E-state index in [2.05, 4.69) is 5.32 Å². The molecule has 12 heavy (non-hydrogen) atoms. The maximum Gasteiger partial charge on any atom is 0.244 e. The molecule has 1 heterocycles. The highest BCUT2D eigenvalue weighted by atomic mass is 16.3. The van der Waals surface area contributed by atoms with Crippen molar-refractivity contribution in [3.8, 4) is 0 Å². The van der Waals surface area contributed by atoms with Gasteiger partial charge in [0.05, 0.1) is 11.6 Å². The third-order valence-corrected chi connectivity index (χ3v) is 2.80. The van der Waals surface area contributed by atoms with E-state index in [1.807, 2.05) is 6.08 Å². The van der Waals surface area contributed by atoms with Crippen LogP contribution in [-0.4, -0.2) is 22.7 Å². The molecule has 0 aromatic carbocycles. The zero-order valence-corrected chi connectivity index (χ0v) is 6.92. The smallest absolute Gasteiger partial charge is 0.244 e. The summed E-state index contributed by atoms with van der Waals surface area (Å²) in [7, 11) is 0. The summed E-state index contributed by atoms with van der Waals surface area (Å²) in [5.41, 5.74) is -0.421. The molecule has 2 atom stereocenters. The molecule has 0 aromatic heterocycles. The molecule has 1 fully saturated rings. The van der Waals surface area contributed by atoms with Gasteiger partial charge in [0.25, 0.3) is 0 Å². The predicted molar refractivity (Wildman–Crippen MR) is 44.5 cm³/mol. The van der Waals surface area contributed by atoms with Gasteiger partial charge in [-0.05, 0) is 12.8 Å². The number of carbonyl (C=O) groups is 1. The highest BCUT2D eigenvalue weighted by Gasteiger charge is 2.41. The summed E-state index contributed by atoms with van der Waals surface area (Å²) in [6, 6.07) is 0. The molecule has 0 aromatic rings. The highest BCUT2D eigenvalue weighted by molar-refractivity contribution is 5.91. The molecule has 0 radical (unpaired) electrons. The zero-order chi connectivity index (χ0) is 8.60. The normalized spacial score (nSPS) is 40.4. The fourth-order valence-corrected chi connectivity index (χ4v) is 2.06. The van der Waals surface area contributed by atoms with Crippen LogP contribution < -0.4 is 5.32 Å². The molecule has 1 aliphatic heterocycles. The Morgan fingerprint density at radius 1 is 1.58 bits per heavy atom. The molecule has 1 saturated carbocycles. The van der Waals surface area contributed by atoms with E-state index >= 15 is 0 Å². The molecule has 66 valence electrons. The van der Waals surface area contributed by atoms with E-state index in [-0.39, 0.29) is 5.91 Å². The van der Waals surface area contributed by atoms with Crippen molar-refractivity contribution in [3.05, 3.63) is 12.2 Å². The van der Waals surface area contributed by atoms with E-state index in [4.69, 9.17) is 0 Å². The van der Waals surface area contributed by atoms with Gasteiger partial charge in [0.2, 0.25) is 5.91 Å². The van der Waals surface area contributed by atoms with Crippen LogP contribution in [-0.2, 0) is 4.79 Å². The highest BCUT2D eigenvalue weighted by Crippen LogP contribution is 2.31. The fraction of sp³-hybridized carbons (Fsp3) is 0.667. The summed E-state index contributed by atoms with van der Waals surface area (Å²) in [5.74, 6) is -0.0732. The molecule has 1 spiro atoms. The van der Waals surface area contributed by atoms with E-state index in [0.717, 1.165) is 25.7 Å². The first-order valence-electron chi connectivity index (χ1n) is 4.42. The zero-order valence-electron chi connectivity index (χ0n) is 6.92. The lowest BCUT2D eigenvalue weighted by Gasteiger charge is -2.36. The molecule has 3 nitrogen and oxygen atoms in total. The van der Waals surface area contributed by atoms with Gasteiger partial charge in [0, 0.05) is 6.08 Å². The van der Waals surface area contributed by atoms with E-state index in [9.17, 15) is 9.90 Å². The van der Waals surface area contributed by atoms with Crippen molar-refractivity contribution in [2.24, 2.45) is 0 Å². The molecule has 2 unspecified atom stereocenters. The van der Waals surface area contributed by atoms with Gasteiger partial charge < -0.3 is 10.4 Å². The summed E-state index contributed by atoms with van der Waals surface area (Å²) < 4.78 is 0. The van der Waals surface area contributed by atoms with Crippen LogP contribution in [0.5, 0.6) is 0 Å². The number of nitrogens with one attached hydrogen (secondary N) is 1. The molecule has 3 heteroatoms. The van der Waals surface area contributed by atoms with Crippen LogP contribution in [0, 0.1) is 0 Å². The van der Waals surface area contributed by atoms with E-state index in [1.54, 1.807) is 0 Å². The Morgan fingerprint density at radius 3 is 3.00 bits per heavy atom. The van der Waals surface area contributed by atoms with E-state index in [0.29, 0.717) is 0 Å². The predicted octanol–water partition coefficient (Wildman–Crippen LogP) is 0.346.